The zero-order valence-corrected chi connectivity index (χ0v) is 20.7. The third-order valence-corrected chi connectivity index (χ3v) is 5.49. The number of hydrogen-bond acceptors (Lipinski definition) is 6. The summed E-state index contributed by atoms with van der Waals surface area (Å²) in [6, 6.07) is 8.39. The predicted octanol–water partition coefficient (Wildman–Crippen LogP) is 4.81. The molecule has 4 amide bonds. The van der Waals surface area contributed by atoms with E-state index in [-0.39, 0.29) is 48.0 Å². The van der Waals surface area contributed by atoms with Crippen LogP contribution in [0.2, 0.25) is 0 Å². The number of nitrogens with one attached hydrogen (secondary N) is 1. The summed E-state index contributed by atoms with van der Waals surface area (Å²) in [7, 11) is 0. The van der Waals surface area contributed by atoms with E-state index in [0.717, 1.165) is 4.90 Å². The minimum Gasteiger partial charge on any atom is -0.505 e. The Morgan fingerprint density at radius 2 is 1.83 bits per heavy atom. The fourth-order valence-corrected chi connectivity index (χ4v) is 3.96. The van der Waals surface area contributed by atoms with E-state index >= 15 is 0 Å². The minimum atomic E-state index is -0.887. The van der Waals surface area contributed by atoms with E-state index in [9.17, 15) is 23.9 Å². The summed E-state index contributed by atoms with van der Waals surface area (Å²) in [5, 5.41) is 13.7. The molecule has 1 aromatic heterocycles. The van der Waals surface area contributed by atoms with Gasteiger partial charge < -0.3 is 20.1 Å². The number of ether oxygens (including phenoxy) is 1. The molecule has 2 aromatic carbocycles. The highest BCUT2D eigenvalue weighted by atomic mass is 19.1. The predicted molar refractivity (Wildman–Crippen MR) is 132 cm³/mol. The first-order valence-corrected chi connectivity index (χ1v) is 11.9. The number of aromatic nitrogens is 1. The van der Waals surface area contributed by atoms with Crippen molar-refractivity contribution in [3.63, 3.8) is 0 Å². The number of imide groups is 1. The van der Waals surface area contributed by atoms with Gasteiger partial charge in [-0.05, 0) is 29.8 Å². The molecule has 2 aliphatic heterocycles. The average Bonchev–Trinajstić information content (AvgIpc) is 3.48. The second-order valence-electron chi connectivity index (χ2n) is 7.47. The van der Waals surface area contributed by atoms with Gasteiger partial charge in [-0.15, -0.1) is 0 Å². The topological polar surface area (TPSA) is 112 Å². The summed E-state index contributed by atoms with van der Waals surface area (Å²) in [4.78, 5) is 44.2. The highest BCUT2D eigenvalue weighted by molar-refractivity contribution is 6.09. The number of halogens is 1. The number of carbonyl (C=O) groups is 3. The highest BCUT2D eigenvalue weighted by Crippen LogP contribution is 2.44. The number of fused-ring (bicyclic) bond motifs is 2. The minimum absolute atomic E-state index is 0.00742. The molecule has 0 unspecified atom stereocenters. The van der Waals surface area contributed by atoms with Gasteiger partial charge in [0.05, 0.1) is 18.7 Å². The summed E-state index contributed by atoms with van der Waals surface area (Å²) < 4.78 is 18.8. The number of hydrogen-bond donors (Lipinski definition) is 2. The molecule has 0 aliphatic carbocycles. The number of carbonyl (C=O) groups excluding carboxylic acids is 3. The van der Waals surface area contributed by atoms with Gasteiger partial charge in [-0.25, -0.2) is 18.9 Å². The largest absolute Gasteiger partial charge is 0.505 e. The van der Waals surface area contributed by atoms with E-state index in [4.69, 9.17) is 4.74 Å². The van der Waals surface area contributed by atoms with Crippen molar-refractivity contribution in [2.45, 2.75) is 40.8 Å². The van der Waals surface area contributed by atoms with Crippen LogP contribution in [0.15, 0.2) is 42.6 Å². The summed E-state index contributed by atoms with van der Waals surface area (Å²) in [5.41, 5.74) is 1.12. The average molecular weight is 497 g/mol. The Morgan fingerprint density at radius 3 is 2.47 bits per heavy atom. The maximum Gasteiger partial charge on any atom is 0.423 e. The number of urea groups is 1. The maximum absolute atomic E-state index is 13.2. The number of pyridine rings is 1. The monoisotopic (exact) mass is 496 g/mol. The van der Waals surface area contributed by atoms with Gasteiger partial charge in [-0.2, -0.15) is 0 Å². The molecule has 190 valence electrons. The van der Waals surface area contributed by atoms with E-state index in [0.29, 0.717) is 23.1 Å². The number of phenols is 1. The van der Waals surface area contributed by atoms with E-state index in [1.807, 2.05) is 27.7 Å². The molecule has 0 atom stereocenters. The Kier molecular flexibility index (Phi) is 8.42. The van der Waals surface area contributed by atoms with Gasteiger partial charge in [0.15, 0.2) is 5.75 Å². The number of aromatic hydroxyl groups is 1. The van der Waals surface area contributed by atoms with E-state index in [1.165, 1.54) is 23.2 Å². The van der Waals surface area contributed by atoms with Crippen LogP contribution in [0.4, 0.5) is 14.0 Å². The molecule has 5 rings (SSSR count). The Labute approximate surface area is 208 Å². The third kappa shape index (κ3) is 4.93. The summed E-state index contributed by atoms with van der Waals surface area (Å²) in [6.45, 7) is 8.69. The molecule has 0 saturated carbocycles. The Morgan fingerprint density at radius 1 is 1.14 bits per heavy atom. The molecular formula is C26H29FN4O5. The number of nitrogens with zero attached hydrogens (tertiary/aromatic N) is 3. The lowest BCUT2D eigenvalue weighted by Crippen LogP contribution is -2.36. The van der Waals surface area contributed by atoms with Crippen molar-refractivity contribution in [3.05, 3.63) is 65.1 Å². The fourth-order valence-electron chi connectivity index (χ4n) is 3.96. The molecule has 2 N–H and O–H groups in total. The van der Waals surface area contributed by atoms with Crippen LogP contribution >= 0.6 is 0 Å². The normalized spacial score (nSPS) is 13.9. The lowest BCUT2D eigenvalue weighted by atomic mass is 10.0. The van der Waals surface area contributed by atoms with Crippen molar-refractivity contribution < 1.29 is 28.6 Å². The van der Waals surface area contributed by atoms with Gasteiger partial charge in [0.2, 0.25) is 0 Å². The van der Waals surface area contributed by atoms with Gasteiger partial charge in [0.25, 0.3) is 5.91 Å². The highest BCUT2D eigenvalue weighted by Gasteiger charge is 2.37. The lowest BCUT2D eigenvalue weighted by Gasteiger charge is -2.17. The second-order valence-corrected chi connectivity index (χ2v) is 7.47. The van der Waals surface area contributed by atoms with E-state index in [2.05, 4.69) is 10.3 Å². The first kappa shape index (κ1) is 26.4. The van der Waals surface area contributed by atoms with E-state index < -0.39 is 18.0 Å². The molecule has 3 aromatic rings. The Balaban J connectivity index is 0.000000861. The van der Waals surface area contributed by atoms with Gasteiger partial charge in [-0.3, -0.25) is 9.78 Å². The number of amides is 4. The number of rotatable bonds is 3. The SMILES string of the molecule is CC.CC.O=C1c2c(c(OC(=O)N3CCNC3=O)c3cccnc3c2O)CN1Cc1ccc(F)cc1. The lowest BCUT2D eigenvalue weighted by molar-refractivity contribution is 0.0764. The Bertz CT molecular complexity index is 1280. The van der Waals surface area contributed by atoms with Gasteiger partial charge in [0.1, 0.15) is 17.1 Å². The van der Waals surface area contributed by atoms with Crippen molar-refractivity contribution >= 4 is 28.9 Å². The van der Waals surface area contributed by atoms with Crippen LogP contribution in [0, 0.1) is 5.82 Å². The standard InChI is InChI=1S/C22H17FN4O5.2C2H6/c23-13-5-3-12(4-6-13)10-26-11-15-16(20(26)29)18(28)17-14(2-1-7-24-17)19(15)32-22(31)27-9-8-25-21(27)30;2*1-2/h1-7,28H,8-11H2,(H,25,30);2*1-2H3. The molecule has 0 bridgehead atoms. The van der Waals surface area contributed by atoms with Gasteiger partial charge >= 0.3 is 12.1 Å². The van der Waals surface area contributed by atoms with Crippen LogP contribution in [0.5, 0.6) is 11.5 Å². The van der Waals surface area contributed by atoms with Crippen molar-refractivity contribution in [3.8, 4) is 11.5 Å². The van der Waals surface area contributed by atoms with Crippen LogP contribution < -0.4 is 10.1 Å². The molecule has 0 radical (unpaired) electrons. The van der Waals surface area contributed by atoms with Crippen molar-refractivity contribution in [1.29, 1.82) is 0 Å². The zero-order valence-electron chi connectivity index (χ0n) is 20.7. The molecule has 9 nitrogen and oxygen atoms in total. The van der Waals surface area contributed by atoms with Crippen molar-refractivity contribution in [2.75, 3.05) is 13.1 Å². The number of benzene rings is 2. The molecule has 1 saturated heterocycles. The number of phenolic OH excluding ortho intramolecular Hbond substituents is 1. The molecule has 2 aliphatic rings. The molecule has 36 heavy (non-hydrogen) atoms. The maximum atomic E-state index is 13.2. The van der Waals surface area contributed by atoms with Crippen molar-refractivity contribution in [2.24, 2.45) is 0 Å². The molecule has 3 heterocycles. The van der Waals surface area contributed by atoms with Crippen LogP contribution in [-0.4, -0.2) is 51.0 Å². The smallest absolute Gasteiger partial charge is 0.423 e. The van der Waals surface area contributed by atoms with Crippen LogP contribution in [0.25, 0.3) is 10.9 Å². The molecule has 0 spiro atoms. The van der Waals surface area contributed by atoms with Crippen molar-refractivity contribution in [1.82, 2.24) is 20.1 Å². The van der Waals surface area contributed by atoms with Crippen LogP contribution in [-0.2, 0) is 13.1 Å². The van der Waals surface area contributed by atoms with Crippen LogP contribution in [0.3, 0.4) is 0 Å². The third-order valence-electron chi connectivity index (χ3n) is 5.49. The van der Waals surface area contributed by atoms with Crippen LogP contribution in [0.1, 0.15) is 49.2 Å². The molecule has 10 heteroatoms. The summed E-state index contributed by atoms with van der Waals surface area (Å²) in [6.07, 6.45) is 0.561. The van der Waals surface area contributed by atoms with Gasteiger partial charge in [-0.1, -0.05) is 39.8 Å². The first-order valence-electron chi connectivity index (χ1n) is 11.9. The zero-order chi connectivity index (χ0) is 26.4. The fraction of sp³-hybridized carbons (Fsp3) is 0.308. The molecular weight excluding hydrogens is 467 g/mol. The first-order chi connectivity index (χ1) is 17.4. The van der Waals surface area contributed by atoms with Gasteiger partial charge in [0, 0.05) is 30.2 Å². The summed E-state index contributed by atoms with van der Waals surface area (Å²) >= 11 is 0. The summed E-state index contributed by atoms with van der Waals surface area (Å²) in [5.74, 6) is -1.09. The second kappa shape index (κ2) is 11.5. The quantitative estimate of drug-likeness (QED) is 0.538. The Hall–Kier alpha value is -4.21. The molecule has 1 fully saturated rings. The van der Waals surface area contributed by atoms with E-state index in [1.54, 1.807) is 24.3 Å².